The van der Waals surface area contributed by atoms with Crippen LogP contribution in [0.5, 0.6) is 0 Å². The molecule has 0 saturated heterocycles. The Kier molecular flexibility index (Phi) is 3.46. The van der Waals surface area contributed by atoms with Crippen molar-refractivity contribution >= 4 is 32.3 Å². The van der Waals surface area contributed by atoms with Crippen molar-refractivity contribution < 1.29 is 0 Å². The molecule has 0 atom stereocenters. The third kappa shape index (κ3) is 2.23. The van der Waals surface area contributed by atoms with Crippen LogP contribution in [0.25, 0.3) is 32.3 Å². The SMILES string of the molecule is CCCCCCc1[c]c2ccc3cccc4ccc(c1)c2c34. The van der Waals surface area contributed by atoms with Crippen LogP contribution in [0.15, 0.2) is 48.5 Å². The van der Waals surface area contributed by atoms with Crippen LogP contribution in [0.4, 0.5) is 0 Å². The van der Waals surface area contributed by atoms with Crippen molar-refractivity contribution in [2.24, 2.45) is 0 Å². The summed E-state index contributed by atoms with van der Waals surface area (Å²) in [5.41, 5.74) is 1.36. The molecule has 0 saturated carbocycles. The molecule has 1 radical (unpaired) electrons. The topological polar surface area (TPSA) is 0 Å². The zero-order valence-corrected chi connectivity index (χ0v) is 13.2. The number of rotatable bonds is 5. The monoisotopic (exact) mass is 285 g/mol. The van der Waals surface area contributed by atoms with Crippen LogP contribution >= 0.6 is 0 Å². The molecule has 0 heterocycles. The van der Waals surface area contributed by atoms with Gasteiger partial charge in [-0.1, -0.05) is 74.7 Å². The fourth-order valence-electron chi connectivity index (χ4n) is 3.61. The highest BCUT2D eigenvalue weighted by Crippen LogP contribution is 2.35. The smallest absolute Gasteiger partial charge is 0.00204 e. The minimum atomic E-state index is 1.15. The van der Waals surface area contributed by atoms with Gasteiger partial charge in [0.1, 0.15) is 0 Å². The minimum absolute atomic E-state index is 1.15. The molecule has 0 aliphatic heterocycles. The third-order valence-corrected chi connectivity index (χ3v) is 4.73. The van der Waals surface area contributed by atoms with E-state index in [1.807, 2.05) is 0 Å². The van der Waals surface area contributed by atoms with Gasteiger partial charge in [-0.15, -0.1) is 0 Å². The van der Waals surface area contributed by atoms with Gasteiger partial charge in [-0.05, 0) is 56.8 Å². The summed E-state index contributed by atoms with van der Waals surface area (Å²) in [4.78, 5) is 0. The van der Waals surface area contributed by atoms with Crippen LogP contribution in [0.1, 0.15) is 38.2 Å². The number of aryl methyl sites for hydroxylation is 1. The van der Waals surface area contributed by atoms with Gasteiger partial charge in [-0.25, -0.2) is 0 Å². The van der Waals surface area contributed by atoms with E-state index in [-0.39, 0.29) is 0 Å². The number of benzene rings is 4. The van der Waals surface area contributed by atoms with Gasteiger partial charge in [0.25, 0.3) is 0 Å². The molecule has 0 aromatic heterocycles. The molecular weight excluding hydrogens is 264 g/mol. The van der Waals surface area contributed by atoms with Gasteiger partial charge in [-0.3, -0.25) is 0 Å². The molecule has 109 valence electrons. The molecule has 0 N–H and O–H groups in total. The Hall–Kier alpha value is -2.08. The van der Waals surface area contributed by atoms with Crippen molar-refractivity contribution in [3.63, 3.8) is 0 Å². The Labute approximate surface area is 132 Å². The largest absolute Gasteiger partial charge is 0.0654 e. The molecule has 0 bridgehead atoms. The van der Waals surface area contributed by atoms with Crippen molar-refractivity contribution in [1.82, 2.24) is 0 Å². The van der Waals surface area contributed by atoms with E-state index in [0.717, 1.165) is 6.42 Å². The van der Waals surface area contributed by atoms with E-state index in [0.29, 0.717) is 0 Å². The second-order valence-electron chi connectivity index (χ2n) is 6.33. The average Bonchev–Trinajstić information content (AvgIpc) is 2.56. The summed E-state index contributed by atoms with van der Waals surface area (Å²) >= 11 is 0. The summed E-state index contributed by atoms with van der Waals surface area (Å²) in [6, 6.07) is 21.6. The normalized spacial score (nSPS) is 11.9. The summed E-state index contributed by atoms with van der Waals surface area (Å²) in [5.74, 6) is 0. The number of hydrogen-bond acceptors (Lipinski definition) is 0. The first-order chi connectivity index (χ1) is 10.9. The van der Waals surface area contributed by atoms with Crippen LogP contribution in [0, 0.1) is 6.07 Å². The minimum Gasteiger partial charge on any atom is -0.0654 e. The summed E-state index contributed by atoms with van der Waals surface area (Å²) in [7, 11) is 0. The van der Waals surface area contributed by atoms with E-state index in [1.165, 1.54) is 63.6 Å². The molecule has 0 fully saturated rings. The molecule has 22 heavy (non-hydrogen) atoms. The number of hydrogen-bond donors (Lipinski definition) is 0. The lowest BCUT2D eigenvalue weighted by Crippen LogP contribution is -1.90. The molecule has 0 heteroatoms. The summed E-state index contributed by atoms with van der Waals surface area (Å²) in [5, 5.41) is 8.08. The lowest BCUT2D eigenvalue weighted by Gasteiger charge is -2.12. The molecule has 4 rings (SSSR count). The third-order valence-electron chi connectivity index (χ3n) is 4.73. The van der Waals surface area contributed by atoms with E-state index in [9.17, 15) is 0 Å². The van der Waals surface area contributed by atoms with Crippen LogP contribution in [-0.4, -0.2) is 0 Å². The molecular formula is C22H21. The van der Waals surface area contributed by atoms with Crippen LogP contribution in [0.3, 0.4) is 0 Å². The standard InChI is InChI=1S/C22H21/c1-2-3-4-5-7-16-14-19-12-10-17-8-6-9-18-11-13-20(15-16)22(19)21(17)18/h6,8-14H,2-5,7H2,1H3. The highest BCUT2D eigenvalue weighted by molar-refractivity contribution is 6.22. The predicted octanol–water partition coefficient (Wildman–Crippen LogP) is 6.51. The van der Waals surface area contributed by atoms with E-state index >= 15 is 0 Å². The van der Waals surface area contributed by atoms with Gasteiger partial charge in [0, 0.05) is 0 Å². The Morgan fingerprint density at radius 1 is 0.773 bits per heavy atom. The first-order valence-corrected chi connectivity index (χ1v) is 8.45. The molecule has 0 nitrogen and oxygen atoms in total. The van der Waals surface area contributed by atoms with Crippen molar-refractivity contribution in [3.8, 4) is 0 Å². The van der Waals surface area contributed by atoms with Crippen LogP contribution < -0.4 is 0 Å². The van der Waals surface area contributed by atoms with Crippen molar-refractivity contribution in [2.45, 2.75) is 39.0 Å². The first-order valence-electron chi connectivity index (χ1n) is 8.45. The van der Waals surface area contributed by atoms with E-state index < -0.39 is 0 Å². The van der Waals surface area contributed by atoms with Gasteiger partial charge < -0.3 is 0 Å². The van der Waals surface area contributed by atoms with E-state index in [1.54, 1.807) is 0 Å². The summed E-state index contributed by atoms with van der Waals surface area (Å²) in [6.45, 7) is 2.26. The van der Waals surface area contributed by atoms with Crippen LogP contribution in [-0.2, 0) is 6.42 Å². The van der Waals surface area contributed by atoms with Gasteiger partial charge in [0.2, 0.25) is 0 Å². The maximum absolute atomic E-state index is 3.66. The maximum atomic E-state index is 3.66. The second kappa shape index (κ2) is 5.61. The Morgan fingerprint density at radius 3 is 2.36 bits per heavy atom. The fraction of sp³-hybridized carbons (Fsp3) is 0.273. The average molecular weight is 285 g/mol. The fourth-order valence-corrected chi connectivity index (χ4v) is 3.61. The zero-order valence-electron chi connectivity index (χ0n) is 13.2. The van der Waals surface area contributed by atoms with Crippen molar-refractivity contribution in [3.05, 3.63) is 60.2 Å². The zero-order chi connectivity index (χ0) is 14.9. The van der Waals surface area contributed by atoms with Crippen molar-refractivity contribution in [1.29, 1.82) is 0 Å². The molecule has 4 aromatic rings. The highest BCUT2D eigenvalue weighted by atomic mass is 14.1. The van der Waals surface area contributed by atoms with Gasteiger partial charge in [0.05, 0.1) is 0 Å². The Bertz CT molecular complexity index is 853. The lowest BCUT2D eigenvalue weighted by atomic mass is 9.92. The Balaban J connectivity index is 1.83. The van der Waals surface area contributed by atoms with Gasteiger partial charge in [-0.2, -0.15) is 0 Å². The molecule has 0 aliphatic carbocycles. The second-order valence-corrected chi connectivity index (χ2v) is 6.33. The van der Waals surface area contributed by atoms with E-state index in [2.05, 4.69) is 61.5 Å². The molecule has 0 amide bonds. The van der Waals surface area contributed by atoms with E-state index in [4.69, 9.17) is 0 Å². The molecule has 0 spiro atoms. The highest BCUT2D eigenvalue weighted by Gasteiger charge is 2.09. The molecule has 0 unspecified atom stereocenters. The number of unbranched alkanes of at least 4 members (excludes halogenated alkanes) is 3. The summed E-state index contributed by atoms with van der Waals surface area (Å²) in [6.07, 6.45) is 6.39. The maximum Gasteiger partial charge on any atom is -0.00204 e. The Morgan fingerprint density at radius 2 is 1.55 bits per heavy atom. The lowest BCUT2D eigenvalue weighted by molar-refractivity contribution is 0.667. The molecule has 0 aliphatic rings. The van der Waals surface area contributed by atoms with Crippen LogP contribution in [0.2, 0.25) is 0 Å². The van der Waals surface area contributed by atoms with Gasteiger partial charge >= 0.3 is 0 Å². The van der Waals surface area contributed by atoms with Crippen molar-refractivity contribution in [2.75, 3.05) is 0 Å². The summed E-state index contributed by atoms with van der Waals surface area (Å²) < 4.78 is 0. The van der Waals surface area contributed by atoms with Gasteiger partial charge in [0.15, 0.2) is 0 Å². The predicted molar refractivity (Wildman–Crippen MR) is 96.8 cm³/mol. The first kappa shape index (κ1) is 13.6. The molecule has 4 aromatic carbocycles. The quantitative estimate of drug-likeness (QED) is 0.290.